The highest BCUT2D eigenvalue weighted by molar-refractivity contribution is 5.93. The average Bonchev–Trinajstić information content (AvgIpc) is 3.27. The molecule has 2 unspecified atom stereocenters. The second-order valence-corrected chi connectivity index (χ2v) is 6.55. The maximum atomic E-state index is 12.8. The number of furan rings is 1. The van der Waals surface area contributed by atoms with Crippen molar-refractivity contribution >= 4 is 5.91 Å². The zero-order valence-electron chi connectivity index (χ0n) is 15.0. The van der Waals surface area contributed by atoms with Crippen molar-refractivity contribution in [2.45, 2.75) is 32.4 Å². The summed E-state index contributed by atoms with van der Waals surface area (Å²) in [7, 11) is 1.72. The highest BCUT2D eigenvalue weighted by Crippen LogP contribution is 2.23. The van der Waals surface area contributed by atoms with Crippen LogP contribution in [0.15, 0.2) is 33.4 Å². The first-order chi connectivity index (χ1) is 12.1. The second-order valence-electron chi connectivity index (χ2n) is 6.55. The van der Waals surface area contributed by atoms with E-state index in [1.807, 2.05) is 4.90 Å². The average molecular weight is 347 g/mol. The van der Waals surface area contributed by atoms with E-state index in [9.17, 15) is 4.79 Å². The van der Waals surface area contributed by atoms with Gasteiger partial charge in [-0.05, 0) is 32.4 Å². The van der Waals surface area contributed by atoms with Crippen LogP contribution in [0.4, 0.5) is 0 Å². The van der Waals surface area contributed by atoms with Gasteiger partial charge in [0.15, 0.2) is 11.5 Å². The minimum atomic E-state index is -0.100. The molecule has 3 heterocycles. The molecule has 2 aromatic heterocycles. The topological polar surface area (TPSA) is 72.0 Å². The van der Waals surface area contributed by atoms with Crippen molar-refractivity contribution in [3.63, 3.8) is 0 Å². The van der Waals surface area contributed by atoms with Crippen LogP contribution in [0.5, 0.6) is 0 Å². The molecule has 0 N–H and O–H groups in total. The highest BCUT2D eigenvalue weighted by atomic mass is 16.5. The molecule has 1 saturated heterocycles. The largest absolute Gasteiger partial charge is 0.461 e. The van der Waals surface area contributed by atoms with E-state index < -0.39 is 0 Å². The van der Waals surface area contributed by atoms with E-state index >= 15 is 0 Å². The zero-order chi connectivity index (χ0) is 17.8. The number of hydrogen-bond acceptors (Lipinski definition) is 6. The van der Waals surface area contributed by atoms with E-state index in [1.54, 1.807) is 31.6 Å². The minimum absolute atomic E-state index is 0.100. The molecular formula is C18H25N3O4. The normalized spacial score (nSPS) is 21.6. The van der Waals surface area contributed by atoms with Crippen molar-refractivity contribution in [1.29, 1.82) is 0 Å². The third-order valence-electron chi connectivity index (χ3n) is 4.65. The number of carbonyl (C=O) groups excluding carboxylic acids is 1. The molecule has 7 nitrogen and oxygen atoms in total. The number of nitrogens with zero attached hydrogens (tertiary/aromatic N) is 3. The molecule has 7 heteroatoms. The van der Waals surface area contributed by atoms with Gasteiger partial charge in [0.1, 0.15) is 0 Å². The van der Waals surface area contributed by atoms with Gasteiger partial charge < -0.3 is 18.6 Å². The molecule has 0 saturated carbocycles. The number of hydrogen-bond donors (Lipinski definition) is 0. The Hall–Kier alpha value is -2.12. The summed E-state index contributed by atoms with van der Waals surface area (Å²) in [4.78, 5) is 17.1. The van der Waals surface area contributed by atoms with Gasteiger partial charge in [0.25, 0.3) is 5.91 Å². The van der Waals surface area contributed by atoms with Crippen LogP contribution >= 0.6 is 0 Å². The lowest BCUT2D eigenvalue weighted by atomic mass is 10.1. The summed E-state index contributed by atoms with van der Waals surface area (Å²) in [5.41, 5.74) is 0.318. The lowest BCUT2D eigenvalue weighted by molar-refractivity contribution is 0.0264. The summed E-state index contributed by atoms with van der Waals surface area (Å²) in [6.07, 6.45) is 2.56. The summed E-state index contributed by atoms with van der Waals surface area (Å²) in [5, 5.41) is 3.92. The summed E-state index contributed by atoms with van der Waals surface area (Å²) in [6.45, 7) is 7.40. The Kier molecular flexibility index (Phi) is 5.55. The fraction of sp³-hybridized carbons (Fsp3) is 0.556. The van der Waals surface area contributed by atoms with Gasteiger partial charge in [-0.2, -0.15) is 0 Å². The molecule has 1 fully saturated rings. The number of methoxy groups -OCH3 is 1. The standard InChI is InChI=1S/C18H25N3O4/c1-13-11-20(12-14(2)21(13)7-5-8-23-3)18(22)15-10-17(25-19-15)16-6-4-9-24-16/h4,6,9-10,13-14H,5,7-8,11-12H2,1-3H3. The number of rotatable bonds is 6. The van der Waals surface area contributed by atoms with Crippen molar-refractivity contribution in [2.24, 2.45) is 0 Å². The Labute approximate surface area is 147 Å². The fourth-order valence-corrected chi connectivity index (χ4v) is 3.43. The smallest absolute Gasteiger partial charge is 0.276 e. The molecular weight excluding hydrogens is 322 g/mol. The van der Waals surface area contributed by atoms with Gasteiger partial charge in [-0.3, -0.25) is 9.69 Å². The lowest BCUT2D eigenvalue weighted by Gasteiger charge is -2.44. The third-order valence-corrected chi connectivity index (χ3v) is 4.65. The molecule has 0 radical (unpaired) electrons. The van der Waals surface area contributed by atoms with Crippen LogP contribution in [0.25, 0.3) is 11.5 Å². The Morgan fingerprint density at radius 1 is 1.32 bits per heavy atom. The molecule has 2 atom stereocenters. The van der Waals surface area contributed by atoms with Crippen LogP contribution in [0, 0.1) is 0 Å². The Morgan fingerprint density at radius 2 is 2.08 bits per heavy atom. The number of piperazine rings is 1. The van der Waals surface area contributed by atoms with E-state index in [2.05, 4.69) is 23.9 Å². The number of amides is 1. The lowest BCUT2D eigenvalue weighted by Crippen LogP contribution is -2.58. The molecule has 0 aliphatic carbocycles. The highest BCUT2D eigenvalue weighted by Gasteiger charge is 2.33. The summed E-state index contributed by atoms with van der Waals surface area (Å²) < 4.78 is 15.7. The van der Waals surface area contributed by atoms with Crippen LogP contribution in [-0.2, 0) is 4.74 Å². The maximum Gasteiger partial charge on any atom is 0.276 e. The van der Waals surface area contributed by atoms with Gasteiger partial charge in [0.05, 0.1) is 6.26 Å². The van der Waals surface area contributed by atoms with Gasteiger partial charge in [-0.25, -0.2) is 0 Å². The van der Waals surface area contributed by atoms with Gasteiger partial charge in [-0.1, -0.05) is 5.16 Å². The molecule has 3 rings (SSSR count). The van der Waals surface area contributed by atoms with Gasteiger partial charge in [-0.15, -0.1) is 0 Å². The first-order valence-electron chi connectivity index (χ1n) is 8.64. The molecule has 1 amide bonds. The molecule has 0 spiro atoms. The first kappa shape index (κ1) is 17.7. The van der Waals surface area contributed by atoms with Gasteiger partial charge in [0.2, 0.25) is 5.76 Å². The summed E-state index contributed by atoms with van der Waals surface area (Å²) in [6, 6.07) is 5.77. The van der Waals surface area contributed by atoms with Gasteiger partial charge in [0, 0.05) is 51.5 Å². The van der Waals surface area contributed by atoms with Crippen molar-refractivity contribution in [3.05, 3.63) is 30.2 Å². The zero-order valence-corrected chi connectivity index (χ0v) is 15.0. The molecule has 1 aliphatic heterocycles. The van der Waals surface area contributed by atoms with Crippen LogP contribution < -0.4 is 0 Å². The summed E-state index contributed by atoms with van der Waals surface area (Å²) in [5.74, 6) is 0.931. The summed E-state index contributed by atoms with van der Waals surface area (Å²) >= 11 is 0. The molecule has 2 aromatic rings. The minimum Gasteiger partial charge on any atom is -0.461 e. The molecule has 0 bridgehead atoms. The Morgan fingerprint density at radius 3 is 2.72 bits per heavy atom. The van der Waals surface area contributed by atoms with Crippen molar-refractivity contribution in [2.75, 3.05) is 33.4 Å². The quantitative estimate of drug-likeness (QED) is 0.748. The second kappa shape index (κ2) is 7.84. The van der Waals surface area contributed by atoms with Crippen molar-refractivity contribution < 1.29 is 18.5 Å². The predicted octanol–water partition coefficient (Wildman–Crippen LogP) is 2.51. The van der Waals surface area contributed by atoms with Crippen molar-refractivity contribution in [1.82, 2.24) is 15.0 Å². The number of ether oxygens (including phenoxy) is 1. The fourth-order valence-electron chi connectivity index (χ4n) is 3.43. The SMILES string of the molecule is COCCCN1C(C)CN(C(=O)c2cc(-c3ccco3)on2)CC1C. The van der Waals surface area contributed by atoms with E-state index in [0.717, 1.165) is 19.6 Å². The van der Waals surface area contributed by atoms with E-state index in [1.165, 1.54) is 0 Å². The Balaban J connectivity index is 1.64. The number of carbonyl (C=O) groups is 1. The molecule has 25 heavy (non-hydrogen) atoms. The molecule has 0 aromatic carbocycles. The van der Waals surface area contributed by atoms with Crippen LogP contribution in [-0.4, -0.2) is 66.3 Å². The van der Waals surface area contributed by atoms with E-state index in [4.69, 9.17) is 13.7 Å². The number of aromatic nitrogens is 1. The van der Waals surface area contributed by atoms with Crippen LogP contribution in [0.1, 0.15) is 30.8 Å². The maximum absolute atomic E-state index is 12.8. The Bertz CT molecular complexity index is 670. The third kappa shape index (κ3) is 3.93. The molecule has 136 valence electrons. The van der Waals surface area contributed by atoms with E-state index in [-0.39, 0.29) is 5.91 Å². The van der Waals surface area contributed by atoms with Crippen LogP contribution in [0.2, 0.25) is 0 Å². The predicted molar refractivity (Wildman–Crippen MR) is 92.2 cm³/mol. The van der Waals surface area contributed by atoms with Crippen molar-refractivity contribution in [3.8, 4) is 11.5 Å². The first-order valence-corrected chi connectivity index (χ1v) is 8.64. The van der Waals surface area contributed by atoms with Crippen LogP contribution in [0.3, 0.4) is 0 Å². The van der Waals surface area contributed by atoms with Gasteiger partial charge >= 0.3 is 0 Å². The molecule has 1 aliphatic rings. The monoisotopic (exact) mass is 347 g/mol. The van der Waals surface area contributed by atoms with E-state index in [0.29, 0.717) is 42.4 Å².